The molecule has 0 unspecified atom stereocenters. The first-order valence-electron chi connectivity index (χ1n) is 5.42. The maximum atomic E-state index is 11.0. The van der Waals surface area contributed by atoms with Crippen molar-refractivity contribution < 1.29 is 18.9 Å². The normalized spacial score (nSPS) is 13.9. The lowest BCUT2D eigenvalue weighted by Crippen LogP contribution is -2.42. The van der Waals surface area contributed by atoms with Gasteiger partial charge in [0.25, 0.3) is 0 Å². The molecule has 2 N–H and O–H groups in total. The fourth-order valence-corrected chi connectivity index (χ4v) is 3.07. The quantitative estimate of drug-likeness (QED) is 0.698. The highest BCUT2D eigenvalue weighted by molar-refractivity contribution is 7.46. The molecule has 0 rings (SSSR count). The highest BCUT2D eigenvalue weighted by Gasteiger charge is 2.42. The van der Waals surface area contributed by atoms with Gasteiger partial charge in [0.15, 0.2) is 0 Å². The van der Waals surface area contributed by atoms with Crippen LogP contribution in [0.15, 0.2) is 0 Å². The van der Waals surface area contributed by atoms with Gasteiger partial charge in [0.2, 0.25) is 0 Å². The number of rotatable bonds is 6. The fourth-order valence-electron chi connectivity index (χ4n) is 2.11. The Kier molecular flexibility index (Phi) is 5.48. The molecule has 15 heavy (non-hydrogen) atoms. The molecule has 0 aromatic rings. The molecule has 0 radical (unpaired) electrons. The minimum absolute atomic E-state index is 0.0741. The van der Waals surface area contributed by atoms with E-state index in [1.807, 2.05) is 34.6 Å². The second-order valence-corrected chi connectivity index (χ2v) is 5.76. The van der Waals surface area contributed by atoms with Crippen molar-refractivity contribution in [3.63, 3.8) is 0 Å². The number of hydrogen-bond donors (Lipinski definition) is 2. The lowest BCUT2D eigenvalue weighted by atomic mass is 9.77. The van der Waals surface area contributed by atoms with Crippen LogP contribution in [0.25, 0.3) is 0 Å². The van der Waals surface area contributed by atoms with Crippen molar-refractivity contribution in [2.45, 2.75) is 53.1 Å². The number of phosphoric ester groups is 1. The second kappa shape index (κ2) is 5.44. The van der Waals surface area contributed by atoms with E-state index in [0.29, 0.717) is 6.42 Å². The van der Waals surface area contributed by atoms with Gasteiger partial charge in [0, 0.05) is 0 Å². The van der Waals surface area contributed by atoms with E-state index >= 15 is 0 Å². The Morgan fingerprint density at radius 1 is 1.20 bits per heavy atom. The summed E-state index contributed by atoms with van der Waals surface area (Å²) in [5.74, 6) is 0.148. The average molecular weight is 238 g/mol. The maximum absolute atomic E-state index is 11.0. The molecule has 0 saturated carbocycles. The first-order chi connectivity index (χ1) is 6.65. The fraction of sp³-hybridized carbons (Fsp3) is 1.00. The average Bonchev–Trinajstić information content (AvgIpc) is 1.99. The van der Waals surface area contributed by atoms with E-state index < -0.39 is 13.4 Å². The maximum Gasteiger partial charge on any atom is 0.470 e. The topological polar surface area (TPSA) is 66.8 Å². The molecule has 0 fully saturated rings. The van der Waals surface area contributed by atoms with Crippen LogP contribution >= 0.6 is 7.82 Å². The molecule has 0 aromatic carbocycles. The van der Waals surface area contributed by atoms with Crippen molar-refractivity contribution in [3.8, 4) is 0 Å². The number of phosphoric acid groups is 1. The highest BCUT2D eigenvalue weighted by atomic mass is 31.2. The van der Waals surface area contributed by atoms with Crippen LogP contribution < -0.4 is 0 Å². The Bertz CT molecular complexity index is 224. The summed E-state index contributed by atoms with van der Waals surface area (Å²) >= 11 is 0. The zero-order valence-electron chi connectivity index (χ0n) is 10.2. The van der Waals surface area contributed by atoms with Crippen LogP contribution in [0.2, 0.25) is 0 Å². The van der Waals surface area contributed by atoms with Crippen molar-refractivity contribution in [1.82, 2.24) is 0 Å². The lowest BCUT2D eigenvalue weighted by molar-refractivity contribution is -0.0494. The summed E-state index contributed by atoms with van der Waals surface area (Å²) in [6, 6.07) is 0. The van der Waals surface area contributed by atoms with E-state index in [0.717, 1.165) is 6.42 Å². The van der Waals surface area contributed by atoms with Crippen LogP contribution in [-0.2, 0) is 9.09 Å². The minimum atomic E-state index is -4.42. The van der Waals surface area contributed by atoms with E-state index in [1.54, 1.807) is 0 Å². The minimum Gasteiger partial charge on any atom is -0.303 e. The monoisotopic (exact) mass is 238 g/mol. The Morgan fingerprint density at radius 2 is 1.60 bits per heavy atom. The van der Waals surface area contributed by atoms with Crippen molar-refractivity contribution >= 4 is 7.82 Å². The lowest BCUT2D eigenvalue weighted by Gasteiger charge is -2.40. The van der Waals surface area contributed by atoms with Crippen molar-refractivity contribution in [2.75, 3.05) is 0 Å². The predicted molar refractivity (Wildman–Crippen MR) is 60.4 cm³/mol. The molecule has 0 saturated heterocycles. The zero-order chi connectivity index (χ0) is 12.3. The van der Waals surface area contributed by atoms with Gasteiger partial charge in [-0.3, -0.25) is 4.52 Å². The van der Waals surface area contributed by atoms with Crippen molar-refractivity contribution in [3.05, 3.63) is 0 Å². The van der Waals surface area contributed by atoms with Crippen LogP contribution in [0, 0.1) is 11.8 Å². The molecular formula is C10H23O4P. The van der Waals surface area contributed by atoms with E-state index in [-0.39, 0.29) is 11.8 Å². The van der Waals surface area contributed by atoms with Crippen LogP contribution in [0.3, 0.4) is 0 Å². The van der Waals surface area contributed by atoms with Crippen LogP contribution in [0.4, 0.5) is 0 Å². The Hall–Kier alpha value is 0.110. The molecule has 5 heteroatoms. The third-order valence-electron chi connectivity index (χ3n) is 2.88. The molecule has 0 aliphatic rings. The predicted octanol–water partition coefficient (Wildman–Crippen LogP) is 2.95. The Balaban J connectivity index is 5.04. The SMILES string of the molecule is CCCC(OP(=O)(O)O)(C(C)C)C(C)C. The molecule has 92 valence electrons. The second-order valence-electron chi connectivity index (χ2n) is 4.60. The van der Waals surface area contributed by atoms with Gasteiger partial charge in [-0.2, -0.15) is 0 Å². The summed E-state index contributed by atoms with van der Waals surface area (Å²) in [6.45, 7) is 9.73. The van der Waals surface area contributed by atoms with Crippen LogP contribution in [0.5, 0.6) is 0 Å². The summed E-state index contributed by atoms with van der Waals surface area (Å²) in [5.41, 5.74) is -0.728. The molecule has 0 amide bonds. The molecule has 0 aromatic heterocycles. The molecule has 0 atom stereocenters. The largest absolute Gasteiger partial charge is 0.470 e. The molecule has 0 aliphatic heterocycles. The molecular weight excluding hydrogens is 215 g/mol. The molecule has 0 spiro atoms. The van der Waals surface area contributed by atoms with Crippen molar-refractivity contribution in [1.29, 1.82) is 0 Å². The van der Waals surface area contributed by atoms with Crippen LogP contribution in [0.1, 0.15) is 47.5 Å². The van der Waals surface area contributed by atoms with E-state index in [1.165, 1.54) is 0 Å². The van der Waals surface area contributed by atoms with E-state index in [4.69, 9.17) is 14.3 Å². The standard InChI is InChI=1S/C10H23O4P/c1-6-7-10(8(2)3,9(4)5)14-15(11,12)13/h8-9H,6-7H2,1-5H3,(H2,11,12,13). The van der Waals surface area contributed by atoms with Gasteiger partial charge in [-0.15, -0.1) is 0 Å². The first kappa shape index (κ1) is 15.1. The summed E-state index contributed by atoms with van der Waals surface area (Å²) in [7, 11) is -4.42. The van der Waals surface area contributed by atoms with Gasteiger partial charge in [-0.1, -0.05) is 41.0 Å². The van der Waals surface area contributed by atoms with Gasteiger partial charge in [-0.05, 0) is 18.3 Å². The Morgan fingerprint density at radius 3 is 1.80 bits per heavy atom. The number of hydrogen-bond acceptors (Lipinski definition) is 2. The molecule has 0 heterocycles. The van der Waals surface area contributed by atoms with E-state index in [2.05, 4.69) is 0 Å². The van der Waals surface area contributed by atoms with Gasteiger partial charge < -0.3 is 9.79 Å². The van der Waals surface area contributed by atoms with E-state index in [9.17, 15) is 4.57 Å². The Labute approximate surface area is 92.3 Å². The summed E-state index contributed by atoms with van der Waals surface area (Å²) in [6.07, 6.45) is 1.50. The molecule has 0 bridgehead atoms. The zero-order valence-corrected chi connectivity index (χ0v) is 11.1. The summed E-state index contributed by atoms with van der Waals surface area (Å²) in [5, 5.41) is 0. The van der Waals surface area contributed by atoms with Crippen molar-refractivity contribution in [2.24, 2.45) is 11.8 Å². The van der Waals surface area contributed by atoms with Gasteiger partial charge in [-0.25, -0.2) is 4.57 Å². The van der Waals surface area contributed by atoms with Gasteiger partial charge >= 0.3 is 7.82 Å². The molecule has 0 aliphatic carbocycles. The molecule has 4 nitrogen and oxygen atoms in total. The summed E-state index contributed by atoms with van der Waals surface area (Å²) < 4.78 is 16.1. The highest BCUT2D eigenvalue weighted by Crippen LogP contribution is 2.48. The van der Waals surface area contributed by atoms with Crippen LogP contribution in [-0.4, -0.2) is 15.4 Å². The summed E-state index contributed by atoms with van der Waals surface area (Å²) in [4.78, 5) is 17.9. The third-order valence-corrected chi connectivity index (χ3v) is 3.46. The third kappa shape index (κ3) is 4.23. The van der Waals surface area contributed by atoms with Gasteiger partial charge in [0.05, 0.1) is 5.60 Å². The van der Waals surface area contributed by atoms with Gasteiger partial charge in [0.1, 0.15) is 0 Å². The first-order valence-corrected chi connectivity index (χ1v) is 6.95. The smallest absolute Gasteiger partial charge is 0.303 e.